The highest BCUT2D eigenvalue weighted by Gasteiger charge is 2.19. The smallest absolute Gasteiger partial charge is 0.0440 e. The summed E-state index contributed by atoms with van der Waals surface area (Å²) in [6.45, 7) is 0.796. The normalized spacial score (nSPS) is 20.6. The standard InChI is InChI=1S/C12H16ClN/c13-12-3-1-2-10-5-4-9(6-7-14)8-11(10)12/h1-3,9H,4-8,14H2. The second-order valence-electron chi connectivity index (χ2n) is 4.06. The molecule has 0 spiro atoms. The summed E-state index contributed by atoms with van der Waals surface area (Å²) in [7, 11) is 0. The summed E-state index contributed by atoms with van der Waals surface area (Å²) in [5.74, 6) is 0.743. The molecule has 0 fully saturated rings. The number of aryl methyl sites for hydroxylation is 1. The highest BCUT2D eigenvalue weighted by molar-refractivity contribution is 6.31. The Labute approximate surface area is 90.3 Å². The molecule has 0 bridgehead atoms. The van der Waals surface area contributed by atoms with E-state index in [0.29, 0.717) is 0 Å². The van der Waals surface area contributed by atoms with Crippen molar-refractivity contribution in [1.29, 1.82) is 0 Å². The Balaban J connectivity index is 2.20. The van der Waals surface area contributed by atoms with Crippen molar-refractivity contribution in [2.24, 2.45) is 11.7 Å². The van der Waals surface area contributed by atoms with E-state index >= 15 is 0 Å². The molecule has 0 saturated carbocycles. The molecule has 0 aliphatic heterocycles. The first kappa shape index (κ1) is 10.0. The van der Waals surface area contributed by atoms with Gasteiger partial charge in [-0.25, -0.2) is 0 Å². The van der Waals surface area contributed by atoms with Gasteiger partial charge in [-0.05, 0) is 55.3 Å². The molecule has 14 heavy (non-hydrogen) atoms. The van der Waals surface area contributed by atoms with Gasteiger partial charge in [0.05, 0.1) is 0 Å². The lowest BCUT2D eigenvalue weighted by molar-refractivity contribution is 0.433. The monoisotopic (exact) mass is 209 g/mol. The summed E-state index contributed by atoms with van der Waals surface area (Å²) < 4.78 is 0. The molecule has 2 N–H and O–H groups in total. The van der Waals surface area contributed by atoms with Gasteiger partial charge in [-0.3, -0.25) is 0 Å². The Bertz CT molecular complexity index is 322. The maximum absolute atomic E-state index is 6.18. The Kier molecular flexibility index (Phi) is 3.09. The lowest BCUT2D eigenvalue weighted by Gasteiger charge is -2.24. The quantitative estimate of drug-likeness (QED) is 0.797. The highest BCUT2D eigenvalue weighted by atomic mass is 35.5. The van der Waals surface area contributed by atoms with Crippen molar-refractivity contribution in [3.63, 3.8) is 0 Å². The third-order valence-corrected chi connectivity index (χ3v) is 3.46. The number of benzene rings is 1. The molecular weight excluding hydrogens is 194 g/mol. The van der Waals surface area contributed by atoms with Gasteiger partial charge < -0.3 is 5.73 Å². The van der Waals surface area contributed by atoms with E-state index in [1.165, 1.54) is 24.0 Å². The second-order valence-corrected chi connectivity index (χ2v) is 4.47. The lowest BCUT2D eigenvalue weighted by atomic mass is 9.82. The molecule has 0 heterocycles. The van der Waals surface area contributed by atoms with Crippen molar-refractivity contribution in [1.82, 2.24) is 0 Å². The maximum atomic E-state index is 6.18. The van der Waals surface area contributed by atoms with Crippen LogP contribution in [0.5, 0.6) is 0 Å². The zero-order valence-corrected chi connectivity index (χ0v) is 9.06. The van der Waals surface area contributed by atoms with E-state index in [9.17, 15) is 0 Å². The first-order valence-corrected chi connectivity index (χ1v) is 5.65. The molecule has 1 aliphatic rings. The molecule has 0 saturated heterocycles. The number of nitrogens with two attached hydrogens (primary N) is 1. The molecule has 1 nitrogen and oxygen atoms in total. The molecule has 2 rings (SSSR count). The van der Waals surface area contributed by atoms with Crippen LogP contribution in [0.15, 0.2) is 18.2 Å². The van der Waals surface area contributed by atoms with Crippen LogP contribution in [0.3, 0.4) is 0 Å². The molecule has 1 unspecified atom stereocenters. The van der Waals surface area contributed by atoms with E-state index in [1.807, 2.05) is 12.1 Å². The predicted molar refractivity (Wildman–Crippen MR) is 60.6 cm³/mol. The third-order valence-electron chi connectivity index (χ3n) is 3.11. The summed E-state index contributed by atoms with van der Waals surface area (Å²) in [5.41, 5.74) is 8.38. The van der Waals surface area contributed by atoms with Gasteiger partial charge in [0.25, 0.3) is 0 Å². The molecule has 0 aromatic heterocycles. The van der Waals surface area contributed by atoms with Crippen LogP contribution < -0.4 is 5.73 Å². The van der Waals surface area contributed by atoms with Gasteiger partial charge in [-0.15, -0.1) is 0 Å². The van der Waals surface area contributed by atoms with Gasteiger partial charge in [0.15, 0.2) is 0 Å². The fraction of sp³-hybridized carbons (Fsp3) is 0.500. The van der Waals surface area contributed by atoms with Crippen LogP contribution in [-0.2, 0) is 12.8 Å². The molecule has 0 amide bonds. The molecule has 1 aromatic carbocycles. The van der Waals surface area contributed by atoms with E-state index in [4.69, 9.17) is 17.3 Å². The summed E-state index contributed by atoms with van der Waals surface area (Å²) in [4.78, 5) is 0. The van der Waals surface area contributed by atoms with E-state index in [0.717, 1.165) is 30.3 Å². The summed E-state index contributed by atoms with van der Waals surface area (Å²) in [5, 5.41) is 0.934. The third kappa shape index (κ3) is 1.94. The summed E-state index contributed by atoms with van der Waals surface area (Å²) in [6.07, 6.45) is 4.68. The Morgan fingerprint density at radius 2 is 2.29 bits per heavy atom. The predicted octanol–water partition coefficient (Wildman–Crippen LogP) is 2.79. The maximum Gasteiger partial charge on any atom is 0.0440 e. The van der Waals surface area contributed by atoms with Crippen LogP contribution >= 0.6 is 11.6 Å². The van der Waals surface area contributed by atoms with Gasteiger partial charge in [-0.1, -0.05) is 23.7 Å². The number of hydrogen-bond acceptors (Lipinski definition) is 1. The van der Waals surface area contributed by atoms with Crippen molar-refractivity contribution in [3.05, 3.63) is 34.3 Å². The van der Waals surface area contributed by atoms with Gasteiger partial charge in [0.1, 0.15) is 0 Å². The average molecular weight is 210 g/mol. The van der Waals surface area contributed by atoms with Crippen molar-refractivity contribution in [2.45, 2.75) is 25.7 Å². The van der Waals surface area contributed by atoms with E-state index in [-0.39, 0.29) is 0 Å². The molecule has 2 heteroatoms. The largest absolute Gasteiger partial charge is 0.330 e. The molecule has 1 atom stereocenters. The van der Waals surface area contributed by atoms with Crippen molar-refractivity contribution in [3.8, 4) is 0 Å². The average Bonchev–Trinajstić information content (AvgIpc) is 2.20. The van der Waals surface area contributed by atoms with Gasteiger partial charge in [0, 0.05) is 5.02 Å². The minimum Gasteiger partial charge on any atom is -0.330 e. The van der Waals surface area contributed by atoms with Crippen molar-refractivity contribution in [2.75, 3.05) is 6.54 Å². The fourth-order valence-electron chi connectivity index (χ4n) is 2.30. The highest BCUT2D eigenvalue weighted by Crippen LogP contribution is 2.31. The fourth-order valence-corrected chi connectivity index (χ4v) is 2.57. The van der Waals surface area contributed by atoms with Gasteiger partial charge in [-0.2, -0.15) is 0 Å². The number of fused-ring (bicyclic) bond motifs is 1. The Morgan fingerprint density at radius 1 is 1.43 bits per heavy atom. The van der Waals surface area contributed by atoms with E-state index in [1.54, 1.807) is 0 Å². The molecule has 76 valence electrons. The van der Waals surface area contributed by atoms with Crippen LogP contribution in [0.2, 0.25) is 5.02 Å². The van der Waals surface area contributed by atoms with Crippen LogP contribution in [0.1, 0.15) is 24.0 Å². The minimum atomic E-state index is 0.743. The molecule has 1 aliphatic carbocycles. The Hall–Kier alpha value is -0.530. The second kappa shape index (κ2) is 4.33. The zero-order valence-electron chi connectivity index (χ0n) is 8.30. The number of rotatable bonds is 2. The van der Waals surface area contributed by atoms with E-state index < -0.39 is 0 Å². The summed E-state index contributed by atoms with van der Waals surface area (Å²) in [6, 6.07) is 6.23. The Morgan fingerprint density at radius 3 is 3.07 bits per heavy atom. The van der Waals surface area contributed by atoms with Crippen LogP contribution in [0.25, 0.3) is 0 Å². The molecule has 0 radical (unpaired) electrons. The topological polar surface area (TPSA) is 26.0 Å². The van der Waals surface area contributed by atoms with Gasteiger partial charge in [0.2, 0.25) is 0 Å². The minimum absolute atomic E-state index is 0.743. The first-order valence-electron chi connectivity index (χ1n) is 5.27. The zero-order chi connectivity index (χ0) is 9.97. The van der Waals surface area contributed by atoms with Crippen molar-refractivity contribution >= 4 is 11.6 Å². The number of hydrogen-bond donors (Lipinski definition) is 1. The molecule has 1 aromatic rings. The van der Waals surface area contributed by atoms with Crippen LogP contribution in [0, 0.1) is 5.92 Å². The first-order chi connectivity index (χ1) is 6.81. The SMILES string of the molecule is NCCC1CCc2cccc(Cl)c2C1. The van der Waals surface area contributed by atoms with Gasteiger partial charge >= 0.3 is 0 Å². The van der Waals surface area contributed by atoms with E-state index in [2.05, 4.69) is 6.07 Å². The number of halogens is 1. The molecular formula is C12H16ClN. The lowest BCUT2D eigenvalue weighted by Crippen LogP contribution is -2.17. The van der Waals surface area contributed by atoms with Crippen LogP contribution in [-0.4, -0.2) is 6.54 Å². The van der Waals surface area contributed by atoms with Crippen LogP contribution in [0.4, 0.5) is 0 Å². The summed E-state index contributed by atoms with van der Waals surface area (Å²) >= 11 is 6.18. The van der Waals surface area contributed by atoms with Crippen molar-refractivity contribution < 1.29 is 0 Å².